The standard InChI is InChI=1S/C57H91FN14O27/c58-37(53(95)54(96)41(75)34-73)22-62-63-23-42(76)64-39(6-2-4-12-61-44(78)25-70(29-48(85)86)18-14-68(27-46(81)82)16-20-72(32-51(91)92)33-52(93)94)56(98)66-40(21-35-7-9-36(74)10-8-35)57(99)65-38(55(59)97)5-1-3-11-60-43(77)24-69(28-47(83)84)17-13-67(26-45(79)80)15-19-71(30-49(87)88)31-50(89)90/h7-10,22,37-41,53-54,63,73-75,95-96H,1-6,11-21,23-34H2,(H2,59,97)(H,60,77)(H,61,78)(H,64,76)(H,65,99)(H,66,98)(H,79,80)(H,81,82)(H,83,84)(H,85,86)(H,87,88)(H,89,90)(H,91,92)(H,93,94)/b62-22+. The van der Waals surface area contributed by atoms with Gasteiger partial charge >= 0.3 is 47.8 Å². The summed E-state index contributed by atoms with van der Waals surface area (Å²) in [5.74, 6) is -16.3. The highest BCUT2D eigenvalue weighted by atomic mass is 19.1. The highest BCUT2D eigenvalue weighted by Crippen LogP contribution is 2.14. The zero-order chi connectivity index (χ0) is 74.7. The average Bonchev–Trinajstić information content (AvgIpc) is 0.877. The fraction of sp³-hybridized carbons (Fsp3) is 0.632. The summed E-state index contributed by atoms with van der Waals surface area (Å²) in [6, 6.07) is 0.822. The van der Waals surface area contributed by atoms with Gasteiger partial charge in [-0.1, -0.05) is 12.1 Å². The molecule has 21 N–H and O–H groups in total. The molecular weight excluding hydrogens is 1330 g/mol. The van der Waals surface area contributed by atoms with Crippen LogP contribution in [-0.4, -0.2) is 372 Å². The van der Waals surface area contributed by atoms with Gasteiger partial charge in [-0.2, -0.15) is 5.10 Å². The number of nitrogens with zero attached hydrogens (tertiary/aromatic N) is 7. The van der Waals surface area contributed by atoms with Gasteiger partial charge in [0.2, 0.25) is 35.4 Å². The predicted molar refractivity (Wildman–Crippen MR) is 337 cm³/mol. The normalized spacial score (nSPS) is 13.6. The van der Waals surface area contributed by atoms with E-state index in [9.17, 15) is 123 Å². The van der Waals surface area contributed by atoms with E-state index >= 15 is 0 Å². The summed E-state index contributed by atoms with van der Waals surface area (Å²) >= 11 is 0. The summed E-state index contributed by atoms with van der Waals surface area (Å²) in [6.45, 7) is -9.66. The largest absolute Gasteiger partial charge is 0.508 e. The van der Waals surface area contributed by atoms with Gasteiger partial charge in [0.1, 0.15) is 48.7 Å². The van der Waals surface area contributed by atoms with E-state index in [4.69, 9.17) is 21.1 Å². The fourth-order valence-corrected chi connectivity index (χ4v) is 9.25. The number of phenols is 1. The minimum Gasteiger partial charge on any atom is -0.508 e. The molecule has 0 bridgehead atoms. The lowest BCUT2D eigenvalue weighted by Gasteiger charge is -2.27. The number of rotatable bonds is 58. The second-order valence-corrected chi connectivity index (χ2v) is 22.5. The summed E-state index contributed by atoms with van der Waals surface area (Å²) in [5, 5.41) is 139. The van der Waals surface area contributed by atoms with Gasteiger partial charge in [-0.05, 0) is 56.2 Å². The number of carboxylic acid groups (broad SMARTS) is 8. The summed E-state index contributed by atoms with van der Waals surface area (Å²) < 4.78 is 14.6. The third-order valence-corrected chi connectivity index (χ3v) is 14.1. The van der Waals surface area contributed by atoms with Crippen molar-refractivity contribution in [1.29, 1.82) is 0 Å². The Bertz CT molecular complexity index is 2800. The second-order valence-electron chi connectivity index (χ2n) is 22.5. The Morgan fingerprint density at radius 2 is 0.798 bits per heavy atom. The molecule has 0 aliphatic heterocycles. The first-order chi connectivity index (χ1) is 46.6. The first kappa shape index (κ1) is 87.6. The average molecular weight is 1420 g/mol. The monoisotopic (exact) mass is 1420 g/mol. The molecule has 0 aliphatic rings. The number of aliphatic hydroxyl groups excluding tert-OH is 4. The van der Waals surface area contributed by atoms with E-state index in [0.29, 0.717) is 11.8 Å². The predicted octanol–water partition coefficient (Wildman–Crippen LogP) is -9.08. The molecule has 41 nitrogen and oxygen atoms in total. The molecule has 1 aromatic carbocycles. The molecule has 99 heavy (non-hydrogen) atoms. The van der Waals surface area contributed by atoms with Crippen molar-refractivity contribution in [1.82, 2.24) is 61.4 Å². The van der Waals surface area contributed by atoms with Crippen LogP contribution in [0.5, 0.6) is 5.75 Å². The number of hydrogen-bond acceptors (Lipinski definition) is 27. The van der Waals surface area contributed by atoms with Gasteiger partial charge in [0.25, 0.3) is 0 Å². The number of aliphatic carboxylic acids is 8. The Morgan fingerprint density at radius 3 is 1.17 bits per heavy atom. The van der Waals surface area contributed by atoms with Crippen molar-refractivity contribution < 1.29 is 138 Å². The highest BCUT2D eigenvalue weighted by molar-refractivity contribution is 5.94. The van der Waals surface area contributed by atoms with Crippen LogP contribution >= 0.6 is 0 Å². The number of amides is 6. The molecule has 0 saturated carbocycles. The van der Waals surface area contributed by atoms with Gasteiger partial charge in [-0.15, -0.1) is 0 Å². The Hall–Kier alpha value is -9.40. The minimum absolute atomic E-state index is 0.0150. The molecule has 7 unspecified atom stereocenters. The number of carboxylic acids is 8. The van der Waals surface area contributed by atoms with Crippen LogP contribution in [0.2, 0.25) is 0 Å². The lowest BCUT2D eigenvalue weighted by atomic mass is 10.0. The quantitative estimate of drug-likeness (QED) is 0.0164. The number of phenolic OH excluding ortho intramolecular Hbond substituents is 1. The first-order valence-electron chi connectivity index (χ1n) is 30.7. The van der Waals surface area contributed by atoms with Crippen LogP contribution in [0.3, 0.4) is 0 Å². The van der Waals surface area contributed by atoms with Crippen molar-refractivity contribution in [2.24, 2.45) is 10.8 Å². The van der Waals surface area contributed by atoms with Crippen molar-refractivity contribution in [3.8, 4) is 5.75 Å². The van der Waals surface area contributed by atoms with Crippen LogP contribution in [0.1, 0.15) is 44.1 Å². The summed E-state index contributed by atoms with van der Waals surface area (Å²) in [4.78, 5) is 179. The van der Waals surface area contributed by atoms with Gasteiger partial charge < -0.3 is 104 Å². The smallest absolute Gasteiger partial charge is 0.317 e. The third kappa shape index (κ3) is 42.1. The molecule has 42 heteroatoms. The molecule has 1 aromatic rings. The molecule has 0 fully saturated rings. The number of hydrogen-bond donors (Lipinski definition) is 20. The number of hydrazone groups is 1. The minimum atomic E-state index is -2.44. The zero-order valence-corrected chi connectivity index (χ0v) is 54.0. The number of nitrogens with one attached hydrogen (secondary N) is 6. The number of carbonyl (C=O) groups is 14. The van der Waals surface area contributed by atoms with Crippen molar-refractivity contribution in [2.75, 3.05) is 144 Å². The molecule has 0 saturated heterocycles. The zero-order valence-electron chi connectivity index (χ0n) is 54.0. The Labute approximate surface area is 565 Å². The van der Waals surface area contributed by atoms with Crippen LogP contribution in [0.15, 0.2) is 29.4 Å². The number of halogens is 1. The first-order valence-corrected chi connectivity index (χ1v) is 30.7. The number of primary amides is 1. The summed E-state index contributed by atoms with van der Waals surface area (Å²) in [5.41, 5.74) is 8.21. The number of carbonyl (C=O) groups excluding carboxylic acids is 6. The van der Waals surface area contributed by atoms with Crippen LogP contribution in [-0.2, 0) is 73.5 Å². The van der Waals surface area contributed by atoms with E-state index in [1.165, 1.54) is 39.0 Å². The number of aromatic hydroxyl groups is 1. The van der Waals surface area contributed by atoms with Crippen molar-refractivity contribution >= 4 is 89.4 Å². The molecule has 0 aliphatic carbocycles. The van der Waals surface area contributed by atoms with Crippen molar-refractivity contribution in [2.45, 2.75) is 87.6 Å². The Balaban J connectivity index is 3.30. The molecule has 0 radical (unpaired) electrons. The van der Waals surface area contributed by atoms with Crippen LogP contribution in [0, 0.1) is 0 Å². The number of nitrogens with two attached hydrogens (primary N) is 1. The van der Waals surface area contributed by atoms with Crippen LogP contribution < -0.4 is 37.7 Å². The number of alkyl halides is 1. The van der Waals surface area contributed by atoms with Crippen molar-refractivity contribution in [3.05, 3.63) is 29.8 Å². The van der Waals surface area contributed by atoms with E-state index < -0.39 is 204 Å². The van der Waals surface area contributed by atoms with Crippen molar-refractivity contribution in [3.63, 3.8) is 0 Å². The number of benzene rings is 1. The van der Waals surface area contributed by atoms with Gasteiger partial charge in [-0.25, -0.2) is 4.39 Å². The highest BCUT2D eigenvalue weighted by Gasteiger charge is 2.32. The SMILES string of the molecule is NC(=O)C(CCCCNC(=O)CN(CCN(CCN(CC(=O)O)CC(=O)O)CC(=O)O)CC(=O)O)NC(=O)C(Cc1ccc(O)cc1)NC(=O)C(CCCCNC(=O)CN(CCN(CCN(CC(=O)O)CC(=O)O)CC(=O)O)CC(=O)O)NC(=O)CN/N=C/C(F)C(O)C(O)C(O)CO. The molecule has 7 atom stereocenters. The van der Waals surface area contributed by atoms with E-state index in [1.807, 2.05) is 0 Å². The lowest BCUT2D eigenvalue weighted by molar-refractivity contribution is -0.144. The number of unbranched alkanes of at least 4 members (excludes halogenated alkanes) is 2. The maximum atomic E-state index is 14.6. The van der Waals surface area contributed by atoms with E-state index in [2.05, 4.69) is 37.1 Å². The summed E-state index contributed by atoms with van der Waals surface area (Å²) in [7, 11) is 0. The molecule has 1 rings (SSSR count). The second kappa shape index (κ2) is 48.3. The fourth-order valence-electron chi connectivity index (χ4n) is 9.25. The van der Waals surface area contributed by atoms with Gasteiger partial charge in [0.05, 0.1) is 78.3 Å². The maximum absolute atomic E-state index is 14.6. The molecule has 6 amide bonds. The van der Waals surface area contributed by atoms with E-state index in [1.54, 1.807) is 0 Å². The topological polar surface area (TPSA) is 632 Å². The summed E-state index contributed by atoms with van der Waals surface area (Å²) in [6.07, 6.45) is -8.75. The van der Waals surface area contributed by atoms with Gasteiger partial charge in [-0.3, -0.25) is 96.5 Å². The molecule has 0 heterocycles. The molecular formula is C57H91FN14O27. The van der Waals surface area contributed by atoms with Gasteiger partial charge in [0.15, 0.2) is 6.17 Å². The van der Waals surface area contributed by atoms with Crippen LogP contribution in [0.25, 0.3) is 0 Å². The Morgan fingerprint density at radius 1 is 0.455 bits per heavy atom. The van der Waals surface area contributed by atoms with Gasteiger partial charge in [0, 0.05) is 71.9 Å². The third-order valence-electron chi connectivity index (χ3n) is 14.1. The maximum Gasteiger partial charge on any atom is 0.317 e. The van der Waals surface area contributed by atoms with E-state index in [0.717, 1.165) is 14.7 Å². The molecule has 0 spiro atoms. The Kier molecular flexibility index (Phi) is 42.8. The van der Waals surface area contributed by atoms with E-state index in [-0.39, 0.29) is 116 Å². The van der Waals surface area contributed by atoms with Crippen LogP contribution in [0.4, 0.5) is 4.39 Å². The molecule has 558 valence electrons. The molecule has 0 aromatic heterocycles. The lowest BCUT2D eigenvalue weighted by Crippen LogP contribution is -2.57. The number of aliphatic hydroxyl groups is 4.